The molecule has 106 valence electrons. The fourth-order valence-corrected chi connectivity index (χ4v) is 2.47. The van der Waals surface area contributed by atoms with Gasteiger partial charge in [0.1, 0.15) is 6.33 Å². The van der Waals surface area contributed by atoms with E-state index in [0.29, 0.717) is 5.02 Å². The first-order valence-electron chi connectivity index (χ1n) is 6.66. The highest BCUT2D eigenvalue weighted by atomic mass is 35.5. The third-order valence-electron chi connectivity index (χ3n) is 3.51. The molecule has 1 heterocycles. The number of halogens is 1. The van der Waals surface area contributed by atoms with Crippen LogP contribution in [0.25, 0.3) is 22.4 Å². The van der Waals surface area contributed by atoms with Gasteiger partial charge in [-0.2, -0.15) is 0 Å². The Morgan fingerprint density at radius 2 is 2.00 bits per heavy atom. The molecule has 4 heteroatoms. The summed E-state index contributed by atoms with van der Waals surface area (Å²) in [5.41, 5.74) is 5.03. The molecular weight excluding hydrogens is 282 g/mol. The lowest BCUT2D eigenvalue weighted by Gasteiger charge is -2.15. The van der Waals surface area contributed by atoms with Crippen LogP contribution in [-0.2, 0) is 0 Å². The number of fused-ring (bicyclic) bond motifs is 1. The van der Waals surface area contributed by atoms with Crippen molar-refractivity contribution in [3.05, 3.63) is 66.0 Å². The van der Waals surface area contributed by atoms with Gasteiger partial charge in [0.05, 0.1) is 11.0 Å². The van der Waals surface area contributed by atoms with E-state index in [4.69, 9.17) is 11.6 Å². The quantitative estimate of drug-likeness (QED) is 0.722. The second kappa shape index (κ2) is 5.26. The smallest absolute Gasteiger partial charge is 0.100 e. The first-order chi connectivity index (χ1) is 10.1. The van der Waals surface area contributed by atoms with Gasteiger partial charge in [0, 0.05) is 30.5 Å². The number of aromatic nitrogens is 2. The molecule has 0 bridgehead atoms. The summed E-state index contributed by atoms with van der Waals surface area (Å²) in [6.45, 7) is 4.08. The predicted molar refractivity (Wildman–Crippen MR) is 88.8 cm³/mol. The van der Waals surface area contributed by atoms with E-state index < -0.39 is 0 Å². The van der Waals surface area contributed by atoms with E-state index >= 15 is 0 Å². The molecule has 0 aliphatic heterocycles. The topological polar surface area (TPSA) is 21.1 Å². The van der Waals surface area contributed by atoms with Crippen LogP contribution in [0.3, 0.4) is 0 Å². The third kappa shape index (κ3) is 2.52. The van der Waals surface area contributed by atoms with Crippen molar-refractivity contribution in [2.75, 3.05) is 14.1 Å². The SMILES string of the molecule is C=C(c1ccc2c(c1)ncn2-c1cccc(Cl)c1)N(C)C. The summed E-state index contributed by atoms with van der Waals surface area (Å²) < 4.78 is 2.03. The molecule has 3 nitrogen and oxygen atoms in total. The van der Waals surface area contributed by atoms with Gasteiger partial charge < -0.3 is 4.90 Å². The van der Waals surface area contributed by atoms with Crippen LogP contribution in [0.2, 0.25) is 5.02 Å². The van der Waals surface area contributed by atoms with Gasteiger partial charge in [0.25, 0.3) is 0 Å². The van der Waals surface area contributed by atoms with E-state index in [1.54, 1.807) is 0 Å². The fourth-order valence-electron chi connectivity index (χ4n) is 2.28. The minimum absolute atomic E-state index is 0.715. The van der Waals surface area contributed by atoms with Crippen molar-refractivity contribution >= 4 is 28.3 Å². The molecule has 0 unspecified atom stereocenters. The Bertz CT molecular complexity index is 818. The number of hydrogen-bond acceptors (Lipinski definition) is 2. The molecule has 0 saturated carbocycles. The van der Waals surface area contributed by atoms with Gasteiger partial charge in [0.2, 0.25) is 0 Å². The summed E-state index contributed by atoms with van der Waals surface area (Å²) >= 11 is 6.06. The normalized spacial score (nSPS) is 10.8. The summed E-state index contributed by atoms with van der Waals surface area (Å²) in [4.78, 5) is 6.48. The van der Waals surface area contributed by atoms with Crippen molar-refractivity contribution < 1.29 is 0 Å². The minimum Gasteiger partial charge on any atom is -0.378 e. The van der Waals surface area contributed by atoms with Crippen LogP contribution in [0.5, 0.6) is 0 Å². The molecule has 0 aliphatic carbocycles. The lowest BCUT2D eigenvalue weighted by atomic mass is 10.1. The average Bonchev–Trinajstić information content (AvgIpc) is 2.89. The number of benzene rings is 2. The van der Waals surface area contributed by atoms with Crippen LogP contribution >= 0.6 is 11.6 Å². The summed E-state index contributed by atoms with van der Waals surface area (Å²) in [6.07, 6.45) is 1.82. The molecule has 0 spiro atoms. The van der Waals surface area contributed by atoms with Crippen LogP contribution in [0.1, 0.15) is 5.56 Å². The summed E-state index contributed by atoms with van der Waals surface area (Å²) in [5.74, 6) is 0. The van der Waals surface area contributed by atoms with Gasteiger partial charge in [-0.1, -0.05) is 30.3 Å². The zero-order chi connectivity index (χ0) is 15.0. The monoisotopic (exact) mass is 297 g/mol. The third-order valence-corrected chi connectivity index (χ3v) is 3.74. The summed E-state index contributed by atoms with van der Waals surface area (Å²) in [5, 5.41) is 0.715. The lowest BCUT2D eigenvalue weighted by molar-refractivity contribution is 0.593. The maximum Gasteiger partial charge on any atom is 0.100 e. The standard InChI is InChI=1S/C17H16ClN3/c1-12(20(2)3)13-7-8-17-16(9-13)19-11-21(17)15-6-4-5-14(18)10-15/h4-11H,1H2,2-3H3. The summed E-state index contributed by atoms with van der Waals surface area (Å²) in [7, 11) is 3.97. The predicted octanol–water partition coefficient (Wildman–Crippen LogP) is 4.21. The van der Waals surface area contributed by atoms with E-state index in [1.165, 1.54) is 0 Å². The zero-order valence-corrected chi connectivity index (χ0v) is 12.8. The van der Waals surface area contributed by atoms with Crippen LogP contribution in [-0.4, -0.2) is 28.5 Å². The molecule has 0 saturated heterocycles. The highest BCUT2D eigenvalue weighted by Crippen LogP contribution is 2.24. The van der Waals surface area contributed by atoms with Crippen LogP contribution in [0, 0.1) is 0 Å². The lowest BCUT2D eigenvalue weighted by Crippen LogP contribution is -2.08. The molecule has 21 heavy (non-hydrogen) atoms. The minimum atomic E-state index is 0.715. The zero-order valence-electron chi connectivity index (χ0n) is 12.0. The highest BCUT2D eigenvalue weighted by Gasteiger charge is 2.08. The first kappa shape index (κ1) is 13.7. The molecule has 1 aromatic heterocycles. The van der Waals surface area contributed by atoms with Gasteiger partial charge >= 0.3 is 0 Å². The van der Waals surface area contributed by atoms with E-state index in [-0.39, 0.29) is 0 Å². The van der Waals surface area contributed by atoms with E-state index in [0.717, 1.165) is 28.0 Å². The van der Waals surface area contributed by atoms with Gasteiger partial charge in [-0.15, -0.1) is 0 Å². The largest absolute Gasteiger partial charge is 0.378 e. The number of rotatable bonds is 3. The molecule has 0 aliphatic rings. The van der Waals surface area contributed by atoms with Crippen LogP contribution < -0.4 is 0 Å². The van der Waals surface area contributed by atoms with Crippen molar-refractivity contribution in [1.82, 2.24) is 14.5 Å². The number of nitrogens with zero attached hydrogens (tertiary/aromatic N) is 3. The Hall–Kier alpha value is -2.26. The second-order valence-electron chi connectivity index (χ2n) is 5.14. The first-order valence-corrected chi connectivity index (χ1v) is 7.04. The van der Waals surface area contributed by atoms with Gasteiger partial charge in [-0.05, 0) is 35.9 Å². The van der Waals surface area contributed by atoms with Crippen molar-refractivity contribution in [2.45, 2.75) is 0 Å². The van der Waals surface area contributed by atoms with Crippen molar-refractivity contribution in [3.63, 3.8) is 0 Å². The van der Waals surface area contributed by atoms with Crippen LogP contribution in [0.4, 0.5) is 0 Å². The molecule has 0 radical (unpaired) electrons. The molecule has 3 aromatic rings. The maximum atomic E-state index is 6.06. The van der Waals surface area contributed by atoms with E-state index in [9.17, 15) is 0 Å². The Morgan fingerprint density at radius 3 is 2.71 bits per heavy atom. The van der Waals surface area contributed by atoms with Gasteiger partial charge in [-0.25, -0.2) is 4.98 Å². The van der Waals surface area contributed by atoms with Crippen molar-refractivity contribution in [3.8, 4) is 5.69 Å². The fraction of sp³-hybridized carbons (Fsp3) is 0.118. The molecule has 3 rings (SSSR count). The molecule has 0 atom stereocenters. The molecule has 0 amide bonds. The molecular formula is C17H16ClN3. The van der Waals surface area contributed by atoms with Gasteiger partial charge in [0.15, 0.2) is 0 Å². The second-order valence-corrected chi connectivity index (χ2v) is 5.58. The van der Waals surface area contributed by atoms with E-state index in [1.807, 2.05) is 54.2 Å². The Kier molecular flexibility index (Phi) is 3.43. The molecule has 0 fully saturated rings. The highest BCUT2D eigenvalue weighted by molar-refractivity contribution is 6.30. The number of imidazole rings is 1. The Morgan fingerprint density at radius 1 is 1.19 bits per heavy atom. The van der Waals surface area contributed by atoms with E-state index in [2.05, 4.69) is 29.8 Å². The molecule has 0 N–H and O–H groups in total. The number of hydrogen-bond donors (Lipinski definition) is 0. The van der Waals surface area contributed by atoms with Crippen LogP contribution in [0.15, 0.2) is 55.4 Å². The summed E-state index contributed by atoms with van der Waals surface area (Å²) in [6, 6.07) is 13.9. The average molecular weight is 298 g/mol. The Balaban J connectivity index is 2.10. The van der Waals surface area contributed by atoms with Crippen molar-refractivity contribution in [2.24, 2.45) is 0 Å². The maximum absolute atomic E-state index is 6.06. The van der Waals surface area contributed by atoms with Crippen molar-refractivity contribution in [1.29, 1.82) is 0 Å². The van der Waals surface area contributed by atoms with Gasteiger partial charge in [-0.3, -0.25) is 4.57 Å². The molecule has 2 aromatic carbocycles. The Labute approximate surface area is 129 Å².